The highest BCUT2D eigenvalue weighted by atomic mass is 32.1. The monoisotopic (exact) mass is 303 g/mol. The molecule has 0 radical (unpaired) electrons. The molecule has 0 saturated heterocycles. The normalized spacial score (nSPS) is 14.8. The zero-order valence-corrected chi connectivity index (χ0v) is 14.1. The predicted molar refractivity (Wildman–Crippen MR) is 93.8 cm³/mol. The third kappa shape index (κ3) is 3.15. The standard InChI is InChI=1S/C17H25N3S/c1-4-7-18-17-19-14-10-15-13(9-16(14)21-17)6-5-8-20(15)11-12(2)3/h9-10,12H,4-8,11H2,1-3H3,(H,18,19). The van der Waals surface area contributed by atoms with Gasteiger partial charge in [-0.2, -0.15) is 0 Å². The minimum atomic E-state index is 0.698. The summed E-state index contributed by atoms with van der Waals surface area (Å²) in [5.74, 6) is 0.698. The zero-order valence-electron chi connectivity index (χ0n) is 13.3. The number of rotatable bonds is 5. The first kappa shape index (κ1) is 14.6. The van der Waals surface area contributed by atoms with E-state index in [9.17, 15) is 0 Å². The Labute approximate surface area is 131 Å². The lowest BCUT2D eigenvalue weighted by molar-refractivity contribution is 0.585. The van der Waals surface area contributed by atoms with Crippen LogP contribution in [0.15, 0.2) is 12.1 Å². The maximum Gasteiger partial charge on any atom is 0.183 e. The molecule has 0 fully saturated rings. The molecule has 0 atom stereocenters. The van der Waals surface area contributed by atoms with Gasteiger partial charge in [0.2, 0.25) is 0 Å². The van der Waals surface area contributed by atoms with Gasteiger partial charge in [0.05, 0.1) is 10.2 Å². The van der Waals surface area contributed by atoms with Crippen LogP contribution < -0.4 is 10.2 Å². The summed E-state index contributed by atoms with van der Waals surface area (Å²) < 4.78 is 1.32. The number of thiazole rings is 1. The third-order valence-electron chi connectivity index (χ3n) is 3.92. The van der Waals surface area contributed by atoms with E-state index in [0.29, 0.717) is 5.92 Å². The van der Waals surface area contributed by atoms with Crippen molar-refractivity contribution < 1.29 is 0 Å². The van der Waals surface area contributed by atoms with Crippen molar-refractivity contribution in [2.45, 2.75) is 40.0 Å². The third-order valence-corrected chi connectivity index (χ3v) is 4.89. The molecule has 2 heterocycles. The van der Waals surface area contributed by atoms with Gasteiger partial charge in [0.25, 0.3) is 0 Å². The van der Waals surface area contributed by atoms with Gasteiger partial charge in [-0.05, 0) is 42.9 Å². The molecule has 114 valence electrons. The van der Waals surface area contributed by atoms with Crippen LogP contribution >= 0.6 is 11.3 Å². The van der Waals surface area contributed by atoms with Gasteiger partial charge >= 0.3 is 0 Å². The Kier molecular flexibility index (Phi) is 4.34. The quantitative estimate of drug-likeness (QED) is 0.880. The molecular formula is C17H25N3S. The Balaban J connectivity index is 1.94. The molecule has 0 amide bonds. The summed E-state index contributed by atoms with van der Waals surface area (Å²) in [6, 6.07) is 4.67. The fourth-order valence-electron chi connectivity index (χ4n) is 3.02. The van der Waals surface area contributed by atoms with E-state index in [0.717, 1.165) is 30.2 Å². The van der Waals surface area contributed by atoms with Gasteiger partial charge < -0.3 is 10.2 Å². The van der Waals surface area contributed by atoms with E-state index in [2.05, 4.69) is 43.1 Å². The first-order valence-electron chi connectivity index (χ1n) is 8.09. The molecule has 1 aliphatic rings. The van der Waals surface area contributed by atoms with Crippen molar-refractivity contribution in [3.8, 4) is 0 Å². The van der Waals surface area contributed by atoms with Crippen LogP contribution in [0.4, 0.5) is 10.8 Å². The molecule has 0 unspecified atom stereocenters. The van der Waals surface area contributed by atoms with E-state index in [1.165, 1.54) is 35.3 Å². The van der Waals surface area contributed by atoms with Gasteiger partial charge in [0.1, 0.15) is 0 Å². The van der Waals surface area contributed by atoms with Gasteiger partial charge in [-0.1, -0.05) is 32.1 Å². The summed E-state index contributed by atoms with van der Waals surface area (Å²) in [5, 5.41) is 4.47. The van der Waals surface area contributed by atoms with E-state index in [-0.39, 0.29) is 0 Å². The molecule has 2 aromatic rings. The highest BCUT2D eigenvalue weighted by Crippen LogP contribution is 2.35. The summed E-state index contributed by atoms with van der Waals surface area (Å²) in [4.78, 5) is 7.30. The fraction of sp³-hybridized carbons (Fsp3) is 0.588. The Morgan fingerprint density at radius 3 is 3.00 bits per heavy atom. The zero-order chi connectivity index (χ0) is 14.8. The molecule has 1 N–H and O–H groups in total. The number of fused-ring (bicyclic) bond motifs is 2. The first-order chi connectivity index (χ1) is 10.2. The smallest absolute Gasteiger partial charge is 0.183 e. The van der Waals surface area contributed by atoms with Crippen molar-refractivity contribution in [3.63, 3.8) is 0 Å². The van der Waals surface area contributed by atoms with Gasteiger partial charge in [0, 0.05) is 25.3 Å². The number of benzene rings is 1. The summed E-state index contributed by atoms with van der Waals surface area (Å²) in [6.07, 6.45) is 3.61. The van der Waals surface area contributed by atoms with E-state index in [4.69, 9.17) is 4.98 Å². The van der Waals surface area contributed by atoms with E-state index >= 15 is 0 Å². The van der Waals surface area contributed by atoms with Crippen LogP contribution in [0.2, 0.25) is 0 Å². The minimum absolute atomic E-state index is 0.698. The number of hydrogen-bond acceptors (Lipinski definition) is 4. The largest absolute Gasteiger partial charge is 0.371 e. The summed E-state index contributed by atoms with van der Waals surface area (Å²) in [7, 11) is 0. The van der Waals surface area contributed by atoms with E-state index < -0.39 is 0 Å². The van der Waals surface area contributed by atoms with Crippen molar-refractivity contribution in [1.82, 2.24) is 4.98 Å². The van der Waals surface area contributed by atoms with Gasteiger partial charge in [-0.15, -0.1) is 0 Å². The van der Waals surface area contributed by atoms with Crippen LogP contribution in [0.1, 0.15) is 39.2 Å². The minimum Gasteiger partial charge on any atom is -0.371 e. The second-order valence-electron chi connectivity index (χ2n) is 6.34. The number of aryl methyl sites for hydroxylation is 1. The highest BCUT2D eigenvalue weighted by Gasteiger charge is 2.19. The number of hydrogen-bond donors (Lipinski definition) is 1. The van der Waals surface area contributed by atoms with Gasteiger partial charge in [0.15, 0.2) is 5.13 Å². The maximum absolute atomic E-state index is 4.75. The van der Waals surface area contributed by atoms with Crippen LogP contribution in [-0.2, 0) is 6.42 Å². The van der Waals surface area contributed by atoms with E-state index in [1.54, 1.807) is 11.3 Å². The lowest BCUT2D eigenvalue weighted by Gasteiger charge is -2.32. The van der Waals surface area contributed by atoms with Crippen molar-refractivity contribution in [2.24, 2.45) is 5.92 Å². The number of anilines is 2. The van der Waals surface area contributed by atoms with Crippen LogP contribution in [0.25, 0.3) is 10.2 Å². The molecule has 0 saturated carbocycles. The Bertz CT molecular complexity index is 618. The second-order valence-corrected chi connectivity index (χ2v) is 7.37. The Hall–Kier alpha value is -1.29. The number of nitrogens with zero attached hydrogens (tertiary/aromatic N) is 2. The second kappa shape index (κ2) is 6.22. The SMILES string of the molecule is CCCNc1nc2cc3c(cc2s1)CCCN3CC(C)C. The van der Waals surface area contributed by atoms with Crippen LogP contribution in [-0.4, -0.2) is 24.6 Å². The summed E-state index contributed by atoms with van der Waals surface area (Å²) >= 11 is 1.78. The van der Waals surface area contributed by atoms with Crippen molar-refractivity contribution in [3.05, 3.63) is 17.7 Å². The molecule has 1 aromatic heterocycles. The lowest BCUT2D eigenvalue weighted by Crippen LogP contribution is -2.32. The first-order valence-corrected chi connectivity index (χ1v) is 8.91. The summed E-state index contributed by atoms with van der Waals surface area (Å²) in [6.45, 7) is 10.1. The van der Waals surface area contributed by atoms with Gasteiger partial charge in [-0.3, -0.25) is 0 Å². The van der Waals surface area contributed by atoms with Crippen LogP contribution in [0.5, 0.6) is 0 Å². The highest BCUT2D eigenvalue weighted by molar-refractivity contribution is 7.22. The van der Waals surface area contributed by atoms with Crippen LogP contribution in [0, 0.1) is 5.92 Å². The van der Waals surface area contributed by atoms with Crippen molar-refractivity contribution >= 4 is 32.4 Å². The average Bonchev–Trinajstić information content (AvgIpc) is 2.84. The summed E-state index contributed by atoms with van der Waals surface area (Å²) in [5.41, 5.74) is 4.06. The number of nitrogens with one attached hydrogen (secondary N) is 1. The maximum atomic E-state index is 4.75. The number of aromatic nitrogens is 1. The molecule has 1 aliphatic heterocycles. The Morgan fingerprint density at radius 1 is 1.38 bits per heavy atom. The topological polar surface area (TPSA) is 28.2 Å². The fourth-order valence-corrected chi connectivity index (χ4v) is 3.96. The average molecular weight is 303 g/mol. The van der Waals surface area contributed by atoms with Crippen molar-refractivity contribution in [1.29, 1.82) is 0 Å². The molecule has 0 aliphatic carbocycles. The Morgan fingerprint density at radius 2 is 2.24 bits per heavy atom. The van der Waals surface area contributed by atoms with Crippen LogP contribution in [0.3, 0.4) is 0 Å². The molecule has 0 bridgehead atoms. The van der Waals surface area contributed by atoms with Crippen molar-refractivity contribution in [2.75, 3.05) is 29.9 Å². The molecule has 21 heavy (non-hydrogen) atoms. The molecule has 4 heteroatoms. The van der Waals surface area contributed by atoms with Gasteiger partial charge in [-0.25, -0.2) is 4.98 Å². The van der Waals surface area contributed by atoms with E-state index in [1.807, 2.05) is 0 Å². The predicted octanol–water partition coefficient (Wildman–Crippen LogP) is 4.53. The molecular weight excluding hydrogens is 278 g/mol. The molecule has 3 nitrogen and oxygen atoms in total. The molecule has 1 aromatic carbocycles. The molecule has 0 spiro atoms. The molecule has 3 rings (SSSR count). The lowest BCUT2D eigenvalue weighted by atomic mass is 10.0.